The summed E-state index contributed by atoms with van der Waals surface area (Å²) >= 11 is 1.88. The van der Waals surface area contributed by atoms with Crippen LogP contribution in [0.2, 0.25) is 0 Å². The fourth-order valence-corrected chi connectivity index (χ4v) is 8.97. The smallest absolute Gasteiger partial charge is 0.146 e. The molecule has 0 radical (unpaired) electrons. The van der Waals surface area contributed by atoms with Crippen molar-refractivity contribution in [2.24, 2.45) is 0 Å². The number of benzene rings is 6. The van der Waals surface area contributed by atoms with E-state index in [1.807, 2.05) is 11.3 Å². The van der Waals surface area contributed by atoms with Gasteiger partial charge >= 0.3 is 0 Å². The van der Waals surface area contributed by atoms with Crippen LogP contribution in [0.1, 0.15) is 25.0 Å². The normalized spacial score (nSPS) is 14.1. The third-order valence-electron chi connectivity index (χ3n) is 9.58. The van der Waals surface area contributed by atoms with E-state index < -0.39 is 0 Å². The molecule has 3 heteroatoms. The van der Waals surface area contributed by atoms with E-state index in [9.17, 15) is 0 Å². The molecule has 0 saturated carbocycles. The Morgan fingerprint density at radius 1 is 0.619 bits per heavy atom. The van der Waals surface area contributed by atoms with E-state index in [1.54, 1.807) is 0 Å². The van der Waals surface area contributed by atoms with Crippen LogP contribution in [0.5, 0.6) is 0 Å². The van der Waals surface area contributed by atoms with Crippen LogP contribution < -0.4 is 0 Å². The first-order chi connectivity index (χ1) is 20.6. The van der Waals surface area contributed by atoms with Crippen molar-refractivity contribution in [3.63, 3.8) is 0 Å². The highest BCUT2D eigenvalue weighted by Gasteiger charge is 2.35. The first-order valence-electron chi connectivity index (χ1n) is 14.5. The van der Waals surface area contributed by atoms with E-state index in [0.29, 0.717) is 0 Å². The van der Waals surface area contributed by atoms with Crippen LogP contribution >= 0.6 is 11.3 Å². The number of furan rings is 1. The molecule has 3 aromatic heterocycles. The van der Waals surface area contributed by atoms with Crippen LogP contribution in [0.3, 0.4) is 0 Å². The Morgan fingerprint density at radius 2 is 1.33 bits per heavy atom. The number of nitrogens with zero attached hydrogens (tertiary/aromatic N) is 1. The Bertz CT molecular complexity index is 2580. The van der Waals surface area contributed by atoms with Gasteiger partial charge in [0.2, 0.25) is 0 Å². The van der Waals surface area contributed by atoms with Gasteiger partial charge in [-0.25, -0.2) is 0 Å². The molecule has 0 amide bonds. The molecule has 0 saturated heterocycles. The van der Waals surface area contributed by atoms with Crippen molar-refractivity contribution in [1.82, 2.24) is 4.57 Å². The fourth-order valence-electron chi connectivity index (χ4n) is 7.71. The minimum atomic E-state index is -0.0723. The van der Waals surface area contributed by atoms with Crippen molar-refractivity contribution in [3.8, 4) is 16.8 Å². The summed E-state index contributed by atoms with van der Waals surface area (Å²) in [5.74, 6) is 0. The lowest BCUT2D eigenvalue weighted by atomic mass is 9.82. The van der Waals surface area contributed by atoms with Gasteiger partial charge < -0.3 is 8.98 Å². The molecule has 0 atom stereocenters. The zero-order valence-electron chi connectivity index (χ0n) is 23.2. The minimum Gasteiger partial charge on any atom is -0.455 e. The zero-order valence-corrected chi connectivity index (χ0v) is 24.0. The van der Waals surface area contributed by atoms with Crippen molar-refractivity contribution in [3.05, 3.63) is 126 Å². The molecule has 0 N–H and O–H groups in total. The van der Waals surface area contributed by atoms with Crippen LogP contribution in [0.25, 0.3) is 80.7 Å². The predicted octanol–water partition coefficient (Wildman–Crippen LogP) is 11.4. The van der Waals surface area contributed by atoms with Gasteiger partial charge in [0.15, 0.2) is 0 Å². The maximum atomic E-state index is 6.77. The van der Waals surface area contributed by atoms with E-state index in [4.69, 9.17) is 4.42 Å². The standard InChI is InChI=1S/C39H25NOS/c1-39(2)28-15-7-3-11-23(28)24-20-19-22(21-29(24)39)40-30-16-8-4-12-25(30)34-36(40)33-26-13-5-9-17-31(26)41-37(33)35-27-14-6-10-18-32(27)42-38(34)35/h3-21H,1-2H3. The molecule has 198 valence electrons. The Morgan fingerprint density at radius 3 is 2.24 bits per heavy atom. The number of para-hydroxylation sites is 2. The summed E-state index contributed by atoms with van der Waals surface area (Å²) in [5, 5.41) is 7.42. The molecule has 9 aromatic rings. The van der Waals surface area contributed by atoms with Gasteiger partial charge in [0, 0.05) is 47.4 Å². The number of aromatic nitrogens is 1. The second kappa shape index (κ2) is 7.70. The molecule has 0 fully saturated rings. The molecule has 0 spiro atoms. The number of rotatable bonds is 1. The average Bonchev–Trinajstić information content (AvgIpc) is 3.74. The van der Waals surface area contributed by atoms with Crippen molar-refractivity contribution >= 4 is 75.3 Å². The Kier molecular flexibility index (Phi) is 4.18. The summed E-state index contributed by atoms with van der Waals surface area (Å²) in [4.78, 5) is 0. The van der Waals surface area contributed by atoms with Crippen molar-refractivity contribution in [2.75, 3.05) is 0 Å². The lowest BCUT2D eigenvalue weighted by Crippen LogP contribution is -2.15. The van der Waals surface area contributed by atoms with Crippen LogP contribution in [-0.2, 0) is 5.41 Å². The van der Waals surface area contributed by atoms with Crippen molar-refractivity contribution < 1.29 is 4.42 Å². The van der Waals surface area contributed by atoms with E-state index in [2.05, 4.69) is 134 Å². The molecule has 2 nitrogen and oxygen atoms in total. The molecule has 3 heterocycles. The minimum absolute atomic E-state index is 0.0723. The molecule has 0 aliphatic heterocycles. The molecule has 6 aromatic carbocycles. The first kappa shape index (κ1) is 22.8. The van der Waals surface area contributed by atoms with Gasteiger partial charge in [-0.3, -0.25) is 0 Å². The van der Waals surface area contributed by atoms with E-state index >= 15 is 0 Å². The van der Waals surface area contributed by atoms with Crippen LogP contribution in [-0.4, -0.2) is 4.57 Å². The summed E-state index contributed by atoms with van der Waals surface area (Å²) < 4.78 is 11.8. The third kappa shape index (κ3) is 2.66. The van der Waals surface area contributed by atoms with Crippen LogP contribution in [0.15, 0.2) is 120 Å². The molecular weight excluding hydrogens is 531 g/mol. The SMILES string of the molecule is CC1(C)c2ccccc2-c2ccc(-n3c4ccccc4c4c5sc6ccccc6c5c5oc6ccccc6c5c43)cc21. The fraction of sp³-hybridized carbons (Fsp3) is 0.0769. The molecule has 1 aliphatic rings. The molecule has 0 unspecified atom stereocenters. The summed E-state index contributed by atoms with van der Waals surface area (Å²) in [6.45, 7) is 4.71. The van der Waals surface area contributed by atoms with Gasteiger partial charge in [-0.2, -0.15) is 0 Å². The van der Waals surface area contributed by atoms with Crippen LogP contribution in [0, 0.1) is 0 Å². The Hall–Kier alpha value is -4.86. The molecule has 1 aliphatic carbocycles. The predicted molar refractivity (Wildman–Crippen MR) is 179 cm³/mol. The third-order valence-corrected chi connectivity index (χ3v) is 10.8. The quantitative estimate of drug-likeness (QED) is 0.197. The maximum Gasteiger partial charge on any atom is 0.146 e. The number of hydrogen-bond donors (Lipinski definition) is 0. The second-order valence-corrected chi connectivity index (χ2v) is 13.1. The van der Waals surface area contributed by atoms with Gasteiger partial charge in [-0.1, -0.05) is 98.8 Å². The lowest BCUT2D eigenvalue weighted by molar-refractivity contribution is 0.660. The summed E-state index contributed by atoms with van der Waals surface area (Å²) in [7, 11) is 0. The number of fused-ring (bicyclic) bond motifs is 15. The maximum absolute atomic E-state index is 6.77. The monoisotopic (exact) mass is 555 g/mol. The van der Waals surface area contributed by atoms with Gasteiger partial charge in [0.05, 0.1) is 16.4 Å². The zero-order chi connectivity index (χ0) is 27.7. The first-order valence-corrected chi connectivity index (χ1v) is 15.4. The molecular formula is C39H25NOS. The summed E-state index contributed by atoms with van der Waals surface area (Å²) in [6.07, 6.45) is 0. The Balaban J connectivity index is 1.44. The summed E-state index contributed by atoms with van der Waals surface area (Å²) in [5.41, 5.74) is 10.9. The number of thiophene rings is 1. The van der Waals surface area contributed by atoms with Gasteiger partial charge in [0.1, 0.15) is 11.2 Å². The Labute approximate surface area is 246 Å². The van der Waals surface area contributed by atoms with Gasteiger partial charge in [0.25, 0.3) is 0 Å². The highest BCUT2D eigenvalue weighted by Crippen LogP contribution is 2.52. The molecule has 42 heavy (non-hydrogen) atoms. The second-order valence-electron chi connectivity index (χ2n) is 12.1. The average molecular weight is 556 g/mol. The van der Waals surface area contributed by atoms with Crippen molar-refractivity contribution in [1.29, 1.82) is 0 Å². The lowest BCUT2D eigenvalue weighted by Gasteiger charge is -2.22. The van der Waals surface area contributed by atoms with Gasteiger partial charge in [-0.05, 0) is 52.6 Å². The largest absolute Gasteiger partial charge is 0.455 e. The van der Waals surface area contributed by atoms with E-state index in [1.165, 1.54) is 75.3 Å². The molecule has 0 bridgehead atoms. The molecule has 10 rings (SSSR count). The number of hydrogen-bond acceptors (Lipinski definition) is 2. The van der Waals surface area contributed by atoms with E-state index in [-0.39, 0.29) is 5.41 Å². The highest BCUT2D eigenvalue weighted by molar-refractivity contribution is 7.27. The topological polar surface area (TPSA) is 18.1 Å². The van der Waals surface area contributed by atoms with Crippen molar-refractivity contribution in [2.45, 2.75) is 19.3 Å². The summed E-state index contributed by atoms with van der Waals surface area (Å²) in [6, 6.07) is 42.1. The van der Waals surface area contributed by atoms with E-state index in [0.717, 1.165) is 16.6 Å². The highest BCUT2D eigenvalue weighted by atomic mass is 32.1. The van der Waals surface area contributed by atoms with Crippen LogP contribution in [0.4, 0.5) is 0 Å². The van der Waals surface area contributed by atoms with Gasteiger partial charge in [-0.15, -0.1) is 11.3 Å².